The fourth-order valence-corrected chi connectivity index (χ4v) is 4.72. The van der Waals surface area contributed by atoms with E-state index in [1.807, 2.05) is 42.0 Å². The van der Waals surface area contributed by atoms with Crippen LogP contribution in [0.2, 0.25) is 0 Å². The van der Waals surface area contributed by atoms with Crippen LogP contribution in [0.15, 0.2) is 42.7 Å². The summed E-state index contributed by atoms with van der Waals surface area (Å²) in [6.07, 6.45) is 8.51. The molecule has 2 aliphatic heterocycles. The second-order valence-electron chi connectivity index (χ2n) is 8.20. The van der Waals surface area contributed by atoms with Gasteiger partial charge in [0.15, 0.2) is 5.82 Å². The summed E-state index contributed by atoms with van der Waals surface area (Å²) in [7, 11) is 2.11. The van der Waals surface area contributed by atoms with Crippen molar-refractivity contribution >= 4 is 5.82 Å². The van der Waals surface area contributed by atoms with E-state index in [9.17, 15) is 5.11 Å². The summed E-state index contributed by atoms with van der Waals surface area (Å²) in [4.78, 5) is 6.49. The monoisotopic (exact) mass is 390 g/mol. The van der Waals surface area contributed by atoms with Gasteiger partial charge in [-0.2, -0.15) is 0 Å². The molecule has 4 heterocycles. The highest BCUT2D eigenvalue weighted by Gasteiger charge is 2.35. The Morgan fingerprint density at radius 1 is 1.10 bits per heavy atom. The summed E-state index contributed by atoms with van der Waals surface area (Å²) in [5.41, 5.74) is 2.21. The molecule has 29 heavy (non-hydrogen) atoms. The molecule has 3 aromatic rings. The summed E-state index contributed by atoms with van der Waals surface area (Å²) >= 11 is 0. The zero-order valence-corrected chi connectivity index (χ0v) is 16.8. The van der Waals surface area contributed by atoms with E-state index in [1.165, 1.54) is 12.8 Å². The Kier molecular flexibility index (Phi) is 4.47. The zero-order chi connectivity index (χ0) is 20.0. The van der Waals surface area contributed by atoms with Crippen LogP contribution in [-0.4, -0.2) is 50.0 Å². The maximum absolute atomic E-state index is 10.6. The largest absolute Gasteiger partial charge is 0.507 e. The number of aryl methyl sites for hydroxylation is 1. The van der Waals surface area contributed by atoms with Gasteiger partial charge in [0.1, 0.15) is 11.6 Å². The number of benzene rings is 1. The lowest BCUT2D eigenvalue weighted by atomic mass is 9.98. The van der Waals surface area contributed by atoms with Gasteiger partial charge in [-0.05, 0) is 56.9 Å². The van der Waals surface area contributed by atoms with Crippen molar-refractivity contribution in [3.8, 4) is 22.7 Å². The van der Waals surface area contributed by atoms with E-state index in [1.54, 1.807) is 12.3 Å². The first-order chi connectivity index (χ1) is 14.1. The minimum atomic E-state index is 0.181. The smallest absolute Gasteiger partial charge is 0.151 e. The lowest BCUT2D eigenvalue weighted by Crippen LogP contribution is -2.47. The zero-order valence-electron chi connectivity index (χ0n) is 16.8. The number of phenolic OH excluding ortho intramolecular Hbond substituents is 1. The van der Waals surface area contributed by atoms with Gasteiger partial charge in [0.2, 0.25) is 0 Å². The van der Waals surface area contributed by atoms with Gasteiger partial charge in [-0.25, -0.2) is 4.98 Å². The summed E-state index contributed by atoms with van der Waals surface area (Å²) in [5, 5.41) is 23.1. The molecule has 5 rings (SSSR count). The van der Waals surface area contributed by atoms with Crippen LogP contribution in [0.4, 0.5) is 5.82 Å². The van der Waals surface area contributed by atoms with Crippen molar-refractivity contribution in [1.82, 2.24) is 25.1 Å². The van der Waals surface area contributed by atoms with Crippen LogP contribution in [0.1, 0.15) is 31.5 Å². The number of hydrogen-bond acceptors (Lipinski definition) is 6. The number of anilines is 1. The van der Waals surface area contributed by atoms with Crippen LogP contribution in [-0.2, 0) is 0 Å². The van der Waals surface area contributed by atoms with Crippen molar-refractivity contribution < 1.29 is 5.11 Å². The molecule has 0 radical (unpaired) electrons. The van der Waals surface area contributed by atoms with Gasteiger partial charge in [-0.15, -0.1) is 10.2 Å². The fourth-order valence-electron chi connectivity index (χ4n) is 4.72. The third kappa shape index (κ3) is 3.35. The Bertz CT molecular complexity index is 1000. The van der Waals surface area contributed by atoms with Crippen LogP contribution in [0, 0.1) is 6.92 Å². The van der Waals surface area contributed by atoms with Crippen LogP contribution in [0.3, 0.4) is 0 Å². The molecule has 7 heteroatoms. The third-order valence-electron chi connectivity index (χ3n) is 6.37. The first-order valence-electron chi connectivity index (χ1n) is 10.2. The van der Waals surface area contributed by atoms with Crippen LogP contribution in [0.5, 0.6) is 5.75 Å². The van der Waals surface area contributed by atoms with Gasteiger partial charge in [0, 0.05) is 49.2 Å². The number of nitrogens with zero attached hydrogens (tertiary/aromatic N) is 5. The number of imidazole rings is 1. The number of hydrogen-bond donors (Lipinski definition) is 2. The molecule has 2 aromatic heterocycles. The Morgan fingerprint density at radius 3 is 2.52 bits per heavy atom. The molecule has 150 valence electrons. The molecule has 2 fully saturated rings. The average molecular weight is 390 g/mol. The lowest BCUT2D eigenvalue weighted by Gasteiger charge is -2.36. The number of nitrogens with one attached hydrogen (secondary N) is 1. The Labute approximate surface area is 170 Å². The number of aromatic nitrogens is 4. The maximum atomic E-state index is 10.6. The first kappa shape index (κ1) is 18.1. The van der Waals surface area contributed by atoms with E-state index >= 15 is 0 Å². The molecule has 1 aromatic carbocycles. The molecule has 2 bridgehead atoms. The Hall–Kier alpha value is -2.93. The molecule has 2 saturated heterocycles. The molecule has 3 atom stereocenters. The van der Waals surface area contributed by atoms with Crippen molar-refractivity contribution in [3.63, 3.8) is 0 Å². The van der Waals surface area contributed by atoms with Gasteiger partial charge in [0.05, 0.1) is 11.4 Å². The number of rotatable bonds is 4. The van der Waals surface area contributed by atoms with E-state index in [-0.39, 0.29) is 5.75 Å². The molecule has 7 nitrogen and oxygen atoms in total. The summed E-state index contributed by atoms with van der Waals surface area (Å²) < 4.78 is 1.93. The van der Waals surface area contributed by atoms with E-state index < -0.39 is 0 Å². The van der Waals surface area contributed by atoms with Crippen molar-refractivity contribution in [2.75, 3.05) is 11.9 Å². The fraction of sp³-hybridized carbons (Fsp3) is 0.409. The molecule has 2 aliphatic rings. The second kappa shape index (κ2) is 7.15. The molecule has 2 N–H and O–H groups in total. The van der Waals surface area contributed by atoms with Gasteiger partial charge in [0.25, 0.3) is 0 Å². The topological polar surface area (TPSA) is 79.1 Å². The SMILES string of the molecule is Cc1nccn1-c1ccc(-c2ccc(N(C)C3C[C@H]4CC[C@@H](C3)N4)nn2)c(O)c1. The average Bonchev–Trinajstić information content (AvgIpc) is 3.32. The molecule has 0 saturated carbocycles. The van der Waals surface area contributed by atoms with Crippen molar-refractivity contribution in [2.24, 2.45) is 0 Å². The quantitative estimate of drug-likeness (QED) is 0.713. The minimum Gasteiger partial charge on any atom is -0.507 e. The molecular formula is C22H26N6O. The Morgan fingerprint density at radius 2 is 1.90 bits per heavy atom. The second-order valence-corrected chi connectivity index (χ2v) is 8.20. The highest BCUT2D eigenvalue weighted by atomic mass is 16.3. The third-order valence-corrected chi connectivity index (χ3v) is 6.37. The highest BCUT2D eigenvalue weighted by molar-refractivity contribution is 5.69. The van der Waals surface area contributed by atoms with Crippen LogP contribution in [0.25, 0.3) is 16.9 Å². The molecule has 0 amide bonds. The summed E-state index contributed by atoms with van der Waals surface area (Å²) in [6, 6.07) is 11.3. The normalized spacial score (nSPS) is 23.3. The predicted octanol–water partition coefficient (Wildman–Crippen LogP) is 3.06. The standard InChI is InChI=1S/C22H26N6O/c1-14-23-9-10-28(14)17-5-6-19(21(29)13-17)20-7-8-22(26-25-20)27(2)18-11-15-3-4-16(12-18)24-15/h5-10,13,15-16,18,24,29H,3-4,11-12H2,1-2H3/t15-,16+,18?. The van der Waals surface area contributed by atoms with Gasteiger partial charge in [-0.1, -0.05) is 0 Å². The van der Waals surface area contributed by atoms with Crippen LogP contribution < -0.4 is 10.2 Å². The van der Waals surface area contributed by atoms with Crippen molar-refractivity contribution in [3.05, 3.63) is 48.5 Å². The van der Waals surface area contributed by atoms with Crippen molar-refractivity contribution in [2.45, 2.75) is 50.7 Å². The van der Waals surface area contributed by atoms with E-state index in [2.05, 4.69) is 32.4 Å². The highest BCUT2D eigenvalue weighted by Crippen LogP contribution is 2.33. The van der Waals surface area contributed by atoms with Gasteiger partial charge >= 0.3 is 0 Å². The molecule has 0 spiro atoms. The van der Waals surface area contributed by atoms with Gasteiger partial charge in [-0.3, -0.25) is 0 Å². The lowest BCUT2D eigenvalue weighted by molar-refractivity contribution is 0.353. The first-order valence-corrected chi connectivity index (χ1v) is 10.2. The number of fused-ring (bicyclic) bond motifs is 2. The summed E-state index contributed by atoms with van der Waals surface area (Å²) in [6.45, 7) is 1.93. The number of phenols is 1. The van der Waals surface area contributed by atoms with E-state index in [4.69, 9.17) is 0 Å². The molecular weight excluding hydrogens is 364 g/mol. The van der Waals surface area contributed by atoms with E-state index in [0.717, 1.165) is 30.2 Å². The predicted molar refractivity (Wildman–Crippen MR) is 112 cm³/mol. The van der Waals surface area contributed by atoms with Gasteiger partial charge < -0.3 is 19.9 Å². The van der Waals surface area contributed by atoms with E-state index in [0.29, 0.717) is 29.4 Å². The minimum absolute atomic E-state index is 0.181. The van der Waals surface area contributed by atoms with Crippen LogP contribution >= 0.6 is 0 Å². The number of piperidine rings is 1. The Balaban J connectivity index is 1.35. The van der Waals surface area contributed by atoms with Crippen molar-refractivity contribution in [1.29, 1.82) is 0 Å². The summed E-state index contributed by atoms with van der Waals surface area (Å²) in [5.74, 6) is 1.93. The molecule has 0 aliphatic carbocycles. The number of aromatic hydroxyl groups is 1. The maximum Gasteiger partial charge on any atom is 0.151 e. The molecule has 1 unspecified atom stereocenters.